The lowest BCUT2D eigenvalue weighted by atomic mass is 9.95. The van der Waals surface area contributed by atoms with Crippen LogP contribution in [0.25, 0.3) is 0 Å². The lowest BCUT2D eigenvalue weighted by Crippen LogP contribution is -2.29. The molecule has 1 aromatic heterocycles. The number of carbonyl (C=O) groups is 1. The highest BCUT2D eigenvalue weighted by molar-refractivity contribution is 7.99. The number of benzene rings is 1. The third-order valence-electron chi connectivity index (χ3n) is 5.03. The Kier molecular flexibility index (Phi) is 7.84. The van der Waals surface area contributed by atoms with Gasteiger partial charge in [0.05, 0.1) is 26.4 Å². The molecule has 0 saturated carbocycles. The Balaban J connectivity index is 2.04. The number of esters is 1. The Morgan fingerprint density at radius 3 is 2.65 bits per heavy atom. The van der Waals surface area contributed by atoms with E-state index in [9.17, 15) is 4.79 Å². The molecule has 2 heterocycles. The minimum Gasteiger partial charge on any atom is -0.493 e. The van der Waals surface area contributed by atoms with E-state index in [1.165, 1.54) is 12.8 Å². The number of thioether (sulfide) groups is 1. The number of aromatic nitrogens is 3. The minimum absolute atomic E-state index is 0.289. The summed E-state index contributed by atoms with van der Waals surface area (Å²) in [5.41, 5.74) is 2.02. The summed E-state index contributed by atoms with van der Waals surface area (Å²) in [6.45, 7) is 6.12. The Bertz CT molecular complexity index is 957. The van der Waals surface area contributed by atoms with Crippen LogP contribution in [-0.4, -0.2) is 47.3 Å². The van der Waals surface area contributed by atoms with E-state index in [1.54, 1.807) is 37.6 Å². The molecule has 168 valence electrons. The summed E-state index contributed by atoms with van der Waals surface area (Å²) in [6, 6.07) is 5.10. The minimum atomic E-state index is -0.493. The van der Waals surface area contributed by atoms with E-state index in [0.29, 0.717) is 33.9 Å². The number of unbranched alkanes of at least 4 members (excludes halogenated alkanes) is 2. The van der Waals surface area contributed by atoms with Crippen LogP contribution in [0.2, 0.25) is 0 Å². The molecule has 2 aromatic rings. The van der Waals surface area contributed by atoms with Crippen LogP contribution in [0.15, 0.2) is 34.6 Å². The first-order valence-corrected chi connectivity index (χ1v) is 11.5. The highest BCUT2D eigenvalue weighted by Gasteiger charge is 2.35. The molecule has 0 spiro atoms. The SMILES string of the molecule is CCCCCSc1nc2n(n1)[C@@H](c1ccc(OC)c(OC)c1)C(C(=O)OCC)=C(C)N2. The summed E-state index contributed by atoms with van der Waals surface area (Å²) >= 11 is 1.62. The fourth-order valence-corrected chi connectivity index (χ4v) is 4.34. The molecule has 1 aromatic carbocycles. The zero-order valence-electron chi connectivity index (χ0n) is 18.7. The monoisotopic (exact) mass is 446 g/mol. The Morgan fingerprint density at radius 2 is 1.97 bits per heavy atom. The summed E-state index contributed by atoms with van der Waals surface area (Å²) in [5, 5.41) is 8.63. The van der Waals surface area contributed by atoms with Crippen LogP contribution in [0.5, 0.6) is 11.5 Å². The van der Waals surface area contributed by atoms with Gasteiger partial charge in [0.2, 0.25) is 11.1 Å². The summed E-state index contributed by atoms with van der Waals surface area (Å²) in [7, 11) is 3.18. The average Bonchev–Trinajstić information content (AvgIpc) is 3.17. The first-order valence-electron chi connectivity index (χ1n) is 10.5. The molecule has 8 nitrogen and oxygen atoms in total. The molecule has 0 radical (unpaired) electrons. The maximum absolute atomic E-state index is 12.9. The van der Waals surface area contributed by atoms with Gasteiger partial charge >= 0.3 is 5.97 Å². The van der Waals surface area contributed by atoms with Crippen molar-refractivity contribution in [2.75, 3.05) is 31.9 Å². The van der Waals surface area contributed by atoms with Crippen LogP contribution in [0.3, 0.4) is 0 Å². The quantitative estimate of drug-likeness (QED) is 0.326. The zero-order chi connectivity index (χ0) is 22.4. The van der Waals surface area contributed by atoms with Crippen molar-refractivity contribution in [2.45, 2.75) is 51.2 Å². The van der Waals surface area contributed by atoms with Crippen molar-refractivity contribution in [3.05, 3.63) is 35.0 Å². The molecule has 1 N–H and O–H groups in total. The normalized spacial score (nSPS) is 15.3. The number of hydrogen-bond donors (Lipinski definition) is 1. The molecule has 1 atom stereocenters. The maximum atomic E-state index is 12.9. The molecular weight excluding hydrogens is 416 g/mol. The summed E-state index contributed by atoms with van der Waals surface area (Å²) in [5.74, 6) is 2.36. The van der Waals surface area contributed by atoms with Crippen molar-refractivity contribution in [1.29, 1.82) is 0 Å². The molecule has 9 heteroatoms. The van der Waals surface area contributed by atoms with Crippen molar-refractivity contribution in [3.63, 3.8) is 0 Å². The first-order chi connectivity index (χ1) is 15.0. The number of methoxy groups -OCH3 is 2. The number of ether oxygens (including phenoxy) is 3. The van der Waals surface area contributed by atoms with E-state index >= 15 is 0 Å². The highest BCUT2D eigenvalue weighted by Crippen LogP contribution is 2.39. The van der Waals surface area contributed by atoms with Gasteiger partial charge in [-0.05, 0) is 38.0 Å². The third kappa shape index (κ3) is 4.98. The Morgan fingerprint density at radius 1 is 1.19 bits per heavy atom. The van der Waals surface area contributed by atoms with E-state index in [2.05, 4.69) is 17.2 Å². The lowest BCUT2D eigenvalue weighted by Gasteiger charge is -2.28. The highest BCUT2D eigenvalue weighted by atomic mass is 32.2. The van der Waals surface area contributed by atoms with Gasteiger partial charge in [-0.25, -0.2) is 9.48 Å². The van der Waals surface area contributed by atoms with Gasteiger partial charge in [-0.3, -0.25) is 0 Å². The molecule has 0 fully saturated rings. The van der Waals surface area contributed by atoms with Crippen LogP contribution in [0.4, 0.5) is 5.95 Å². The number of nitrogens with one attached hydrogen (secondary N) is 1. The average molecular weight is 447 g/mol. The molecule has 31 heavy (non-hydrogen) atoms. The van der Waals surface area contributed by atoms with E-state index in [1.807, 2.05) is 25.1 Å². The van der Waals surface area contributed by atoms with Crippen LogP contribution in [0, 0.1) is 0 Å². The molecule has 0 bridgehead atoms. The number of nitrogens with zero attached hydrogens (tertiary/aromatic N) is 3. The molecule has 1 aliphatic rings. The maximum Gasteiger partial charge on any atom is 0.338 e. The van der Waals surface area contributed by atoms with Crippen LogP contribution in [0.1, 0.15) is 51.6 Å². The standard InChI is InChI=1S/C22H30N4O4S/c1-6-8-9-12-31-22-24-21-23-14(3)18(20(27)30-7-2)19(26(21)25-22)15-10-11-16(28-4)17(13-15)29-5/h10-11,13,19H,6-9,12H2,1-5H3,(H,23,24,25)/t19-/m0/s1. The van der Waals surface area contributed by atoms with Crippen molar-refractivity contribution in [1.82, 2.24) is 14.8 Å². The molecular formula is C22H30N4O4S. The first kappa shape index (κ1) is 23.0. The summed E-state index contributed by atoms with van der Waals surface area (Å²) < 4.78 is 18.0. The van der Waals surface area contributed by atoms with E-state index < -0.39 is 6.04 Å². The van der Waals surface area contributed by atoms with Gasteiger partial charge in [0.1, 0.15) is 6.04 Å². The van der Waals surface area contributed by atoms with E-state index in [0.717, 1.165) is 17.7 Å². The molecule has 0 unspecified atom stereocenters. The predicted octanol–water partition coefficient (Wildman–Crippen LogP) is 4.43. The van der Waals surface area contributed by atoms with E-state index in [4.69, 9.17) is 19.3 Å². The Labute approximate surface area is 187 Å². The van der Waals surface area contributed by atoms with Gasteiger partial charge in [0.15, 0.2) is 11.5 Å². The van der Waals surface area contributed by atoms with Gasteiger partial charge in [0, 0.05) is 11.4 Å². The Hall–Kier alpha value is -2.68. The number of allylic oxidation sites excluding steroid dienone is 1. The van der Waals surface area contributed by atoms with Gasteiger partial charge < -0.3 is 19.5 Å². The number of rotatable bonds is 10. The van der Waals surface area contributed by atoms with Gasteiger partial charge in [-0.2, -0.15) is 4.98 Å². The number of fused-ring (bicyclic) bond motifs is 1. The third-order valence-corrected chi connectivity index (χ3v) is 5.95. The zero-order valence-corrected chi connectivity index (χ0v) is 19.5. The van der Waals surface area contributed by atoms with Crippen molar-refractivity contribution >= 4 is 23.7 Å². The number of anilines is 1. The molecule has 1 aliphatic heterocycles. The van der Waals surface area contributed by atoms with Crippen LogP contribution < -0.4 is 14.8 Å². The van der Waals surface area contributed by atoms with Gasteiger partial charge in [-0.15, -0.1) is 5.10 Å². The fraction of sp³-hybridized carbons (Fsp3) is 0.500. The second kappa shape index (κ2) is 10.6. The predicted molar refractivity (Wildman–Crippen MR) is 121 cm³/mol. The second-order valence-electron chi connectivity index (χ2n) is 7.12. The van der Waals surface area contributed by atoms with Crippen molar-refractivity contribution < 1.29 is 19.0 Å². The fourth-order valence-electron chi connectivity index (χ4n) is 3.51. The summed E-state index contributed by atoms with van der Waals surface area (Å²) in [6.07, 6.45) is 3.46. The van der Waals surface area contributed by atoms with Crippen molar-refractivity contribution in [3.8, 4) is 11.5 Å². The lowest BCUT2D eigenvalue weighted by molar-refractivity contribution is -0.139. The largest absolute Gasteiger partial charge is 0.493 e. The van der Waals surface area contributed by atoms with Gasteiger partial charge in [-0.1, -0.05) is 37.6 Å². The van der Waals surface area contributed by atoms with Crippen molar-refractivity contribution in [2.24, 2.45) is 0 Å². The number of carbonyl (C=O) groups excluding carboxylic acids is 1. The topological polar surface area (TPSA) is 87.5 Å². The molecule has 0 aliphatic carbocycles. The second-order valence-corrected chi connectivity index (χ2v) is 8.18. The van der Waals surface area contributed by atoms with E-state index in [-0.39, 0.29) is 12.6 Å². The molecule has 0 amide bonds. The van der Waals surface area contributed by atoms with Crippen LogP contribution in [-0.2, 0) is 9.53 Å². The number of hydrogen-bond acceptors (Lipinski definition) is 8. The van der Waals surface area contributed by atoms with Crippen LogP contribution >= 0.6 is 11.8 Å². The smallest absolute Gasteiger partial charge is 0.338 e. The molecule has 3 rings (SSSR count). The molecule has 0 saturated heterocycles. The summed E-state index contributed by atoms with van der Waals surface area (Å²) in [4.78, 5) is 17.5. The van der Waals surface area contributed by atoms with Gasteiger partial charge in [0.25, 0.3) is 0 Å².